The molecule has 0 bridgehead atoms. The number of fused-ring (bicyclic) bond motifs is 1. The Kier molecular flexibility index (Phi) is 4.61. The third kappa shape index (κ3) is 3.23. The van der Waals surface area contributed by atoms with E-state index in [2.05, 4.69) is 25.7 Å². The Balaban J connectivity index is 1.93. The van der Waals surface area contributed by atoms with Gasteiger partial charge in [0.05, 0.1) is 18.5 Å². The second-order valence-electron chi connectivity index (χ2n) is 5.82. The van der Waals surface area contributed by atoms with Gasteiger partial charge in [0.2, 0.25) is 0 Å². The van der Waals surface area contributed by atoms with Crippen LogP contribution in [0.4, 0.5) is 16.2 Å². The number of carbonyl (C=O) groups is 1. The van der Waals surface area contributed by atoms with Crippen LogP contribution < -0.4 is 20.9 Å². The highest BCUT2D eigenvalue weighted by molar-refractivity contribution is 6.01. The van der Waals surface area contributed by atoms with E-state index in [0.717, 1.165) is 5.56 Å². The molecule has 0 saturated carbocycles. The SMILES string of the molecule is CCc1nc2nc(C)[nH]n2c(=O)c1NC(=O)Nc1cc(C)ccc1OC. The topological polar surface area (TPSA) is 113 Å². The van der Waals surface area contributed by atoms with Crippen LogP contribution in [0.5, 0.6) is 5.75 Å². The molecule has 0 radical (unpaired) electrons. The summed E-state index contributed by atoms with van der Waals surface area (Å²) in [6.07, 6.45) is 0.473. The van der Waals surface area contributed by atoms with Crippen LogP contribution in [-0.2, 0) is 6.42 Å². The van der Waals surface area contributed by atoms with Crippen LogP contribution in [0, 0.1) is 13.8 Å². The van der Waals surface area contributed by atoms with Crippen LogP contribution >= 0.6 is 0 Å². The molecule has 2 amide bonds. The molecule has 2 aromatic heterocycles. The number of benzene rings is 1. The molecular weight excluding hydrogens is 336 g/mol. The second kappa shape index (κ2) is 6.87. The number of nitrogens with one attached hydrogen (secondary N) is 3. The van der Waals surface area contributed by atoms with Crippen molar-refractivity contribution in [2.24, 2.45) is 0 Å². The third-order valence-electron chi connectivity index (χ3n) is 3.86. The molecule has 9 nitrogen and oxygen atoms in total. The van der Waals surface area contributed by atoms with E-state index < -0.39 is 11.6 Å². The molecule has 3 aromatic rings. The van der Waals surface area contributed by atoms with Gasteiger partial charge in [0.25, 0.3) is 11.3 Å². The fourth-order valence-electron chi connectivity index (χ4n) is 2.63. The molecule has 26 heavy (non-hydrogen) atoms. The number of rotatable bonds is 4. The second-order valence-corrected chi connectivity index (χ2v) is 5.82. The number of aryl methyl sites for hydroxylation is 3. The number of aromatic amines is 1. The average Bonchev–Trinajstić information content (AvgIpc) is 2.98. The largest absolute Gasteiger partial charge is 0.495 e. The maximum Gasteiger partial charge on any atom is 0.323 e. The highest BCUT2D eigenvalue weighted by atomic mass is 16.5. The molecule has 3 N–H and O–H groups in total. The van der Waals surface area contributed by atoms with Crippen molar-refractivity contribution < 1.29 is 9.53 Å². The Bertz CT molecular complexity index is 1040. The Hall–Kier alpha value is -3.36. The predicted molar refractivity (Wildman–Crippen MR) is 98.1 cm³/mol. The summed E-state index contributed by atoms with van der Waals surface area (Å²) in [4.78, 5) is 33.6. The lowest BCUT2D eigenvalue weighted by atomic mass is 10.2. The van der Waals surface area contributed by atoms with Crippen LogP contribution in [-0.4, -0.2) is 32.7 Å². The third-order valence-corrected chi connectivity index (χ3v) is 3.86. The first-order valence-electron chi connectivity index (χ1n) is 8.13. The van der Waals surface area contributed by atoms with E-state index in [-0.39, 0.29) is 11.5 Å². The summed E-state index contributed by atoms with van der Waals surface area (Å²) in [6, 6.07) is 4.87. The molecule has 0 atom stereocenters. The van der Waals surface area contributed by atoms with Gasteiger partial charge in [-0.2, -0.15) is 9.50 Å². The summed E-state index contributed by atoms with van der Waals surface area (Å²) in [7, 11) is 1.52. The molecule has 1 aromatic carbocycles. The molecule has 0 aliphatic carbocycles. The number of H-pyrrole nitrogens is 1. The van der Waals surface area contributed by atoms with Crippen molar-refractivity contribution in [1.82, 2.24) is 19.6 Å². The standard InChI is InChI=1S/C17H20N6O3/c1-5-11-14(15(24)23-16(19-11)18-10(3)22-23)21-17(25)20-12-8-9(2)6-7-13(12)26-4/h6-8H,5H2,1-4H3,(H,18,19,22)(H2,20,21,25). The van der Waals surface area contributed by atoms with Gasteiger partial charge in [0, 0.05) is 0 Å². The molecule has 2 heterocycles. The molecule has 0 fully saturated rings. The van der Waals surface area contributed by atoms with Gasteiger partial charge in [0.15, 0.2) is 0 Å². The van der Waals surface area contributed by atoms with Crippen LogP contribution in [0.25, 0.3) is 5.78 Å². The fourth-order valence-corrected chi connectivity index (χ4v) is 2.63. The van der Waals surface area contributed by atoms with Crippen molar-refractivity contribution in [2.45, 2.75) is 27.2 Å². The number of aromatic nitrogens is 4. The zero-order valence-electron chi connectivity index (χ0n) is 15.0. The zero-order valence-corrected chi connectivity index (χ0v) is 15.0. The minimum atomic E-state index is -0.557. The Morgan fingerprint density at radius 1 is 1.27 bits per heavy atom. The molecule has 0 unspecified atom stereocenters. The van der Waals surface area contributed by atoms with E-state index in [4.69, 9.17) is 4.74 Å². The van der Waals surface area contributed by atoms with E-state index in [9.17, 15) is 9.59 Å². The van der Waals surface area contributed by atoms with Crippen molar-refractivity contribution in [3.05, 3.63) is 45.6 Å². The van der Waals surface area contributed by atoms with Gasteiger partial charge in [0.1, 0.15) is 17.3 Å². The van der Waals surface area contributed by atoms with Crippen LogP contribution in [0.2, 0.25) is 0 Å². The minimum Gasteiger partial charge on any atom is -0.495 e. The van der Waals surface area contributed by atoms with E-state index in [1.165, 1.54) is 11.6 Å². The quantitative estimate of drug-likeness (QED) is 0.663. The summed E-state index contributed by atoms with van der Waals surface area (Å²) in [5, 5.41) is 8.11. The summed E-state index contributed by atoms with van der Waals surface area (Å²) in [5.41, 5.74) is 1.63. The van der Waals surface area contributed by atoms with Gasteiger partial charge in [-0.15, -0.1) is 0 Å². The molecule has 3 rings (SSSR count). The van der Waals surface area contributed by atoms with E-state index in [1.54, 1.807) is 19.1 Å². The number of urea groups is 1. The summed E-state index contributed by atoms with van der Waals surface area (Å²) in [5.74, 6) is 1.36. The van der Waals surface area contributed by atoms with Gasteiger partial charge in [-0.25, -0.2) is 9.78 Å². The maximum atomic E-state index is 12.7. The van der Waals surface area contributed by atoms with Crippen molar-refractivity contribution in [2.75, 3.05) is 17.7 Å². The number of ether oxygens (including phenoxy) is 1. The minimum absolute atomic E-state index is 0.109. The Labute approximate surface area is 149 Å². The van der Waals surface area contributed by atoms with Gasteiger partial charge < -0.3 is 15.4 Å². The smallest absolute Gasteiger partial charge is 0.323 e. The lowest BCUT2D eigenvalue weighted by Crippen LogP contribution is -2.28. The molecule has 136 valence electrons. The summed E-state index contributed by atoms with van der Waals surface area (Å²) >= 11 is 0. The highest BCUT2D eigenvalue weighted by Gasteiger charge is 2.17. The molecule has 0 spiro atoms. The summed E-state index contributed by atoms with van der Waals surface area (Å²) < 4.78 is 6.45. The monoisotopic (exact) mass is 356 g/mol. The van der Waals surface area contributed by atoms with Gasteiger partial charge in [-0.3, -0.25) is 9.89 Å². The molecule has 0 saturated heterocycles. The lowest BCUT2D eigenvalue weighted by Gasteiger charge is -2.13. The molecular formula is C17H20N6O3. The highest BCUT2D eigenvalue weighted by Crippen LogP contribution is 2.25. The van der Waals surface area contributed by atoms with Gasteiger partial charge >= 0.3 is 6.03 Å². The summed E-state index contributed by atoms with van der Waals surface area (Å²) in [6.45, 7) is 5.48. The number of hydrogen-bond donors (Lipinski definition) is 3. The number of amides is 2. The Morgan fingerprint density at radius 3 is 2.73 bits per heavy atom. The fraction of sp³-hybridized carbons (Fsp3) is 0.294. The van der Waals surface area contributed by atoms with Gasteiger partial charge in [-0.05, 0) is 38.0 Å². The maximum absolute atomic E-state index is 12.7. The van der Waals surface area contributed by atoms with E-state index in [0.29, 0.717) is 29.4 Å². The van der Waals surface area contributed by atoms with Crippen molar-refractivity contribution in [3.63, 3.8) is 0 Å². The Morgan fingerprint density at radius 2 is 2.04 bits per heavy atom. The van der Waals surface area contributed by atoms with Crippen LogP contribution in [0.1, 0.15) is 24.0 Å². The van der Waals surface area contributed by atoms with Gasteiger partial charge in [-0.1, -0.05) is 13.0 Å². The lowest BCUT2D eigenvalue weighted by molar-refractivity contribution is 0.262. The van der Waals surface area contributed by atoms with Crippen LogP contribution in [0.15, 0.2) is 23.0 Å². The first kappa shape index (κ1) is 17.5. The zero-order chi connectivity index (χ0) is 18.8. The van der Waals surface area contributed by atoms with Crippen LogP contribution in [0.3, 0.4) is 0 Å². The number of hydrogen-bond acceptors (Lipinski definition) is 5. The van der Waals surface area contributed by atoms with Crippen molar-refractivity contribution in [3.8, 4) is 5.75 Å². The first-order valence-corrected chi connectivity index (χ1v) is 8.13. The average molecular weight is 356 g/mol. The number of methoxy groups -OCH3 is 1. The van der Waals surface area contributed by atoms with Crippen molar-refractivity contribution in [1.29, 1.82) is 0 Å². The predicted octanol–water partition coefficient (Wildman–Crippen LogP) is 2.25. The van der Waals surface area contributed by atoms with E-state index >= 15 is 0 Å². The molecule has 9 heteroatoms. The molecule has 0 aliphatic rings. The number of carbonyl (C=O) groups excluding carboxylic acids is 1. The first-order chi connectivity index (χ1) is 12.4. The van der Waals surface area contributed by atoms with E-state index in [1.807, 2.05) is 19.9 Å². The molecule has 0 aliphatic heterocycles. The normalized spacial score (nSPS) is 10.8. The number of anilines is 2. The number of nitrogens with zero attached hydrogens (tertiary/aromatic N) is 3. The van der Waals surface area contributed by atoms with Crippen molar-refractivity contribution >= 4 is 23.2 Å².